The van der Waals surface area contributed by atoms with Crippen molar-refractivity contribution in [3.05, 3.63) is 59.4 Å². The molecule has 1 N–H and O–H groups in total. The first kappa shape index (κ1) is 18.4. The van der Waals surface area contributed by atoms with Crippen LogP contribution in [0.2, 0.25) is 0 Å². The monoisotopic (exact) mass is 397 g/mol. The molecule has 29 heavy (non-hydrogen) atoms. The zero-order valence-corrected chi connectivity index (χ0v) is 16.1. The van der Waals surface area contributed by atoms with E-state index in [9.17, 15) is 14.3 Å². The maximum atomic E-state index is 13.8. The van der Waals surface area contributed by atoms with Crippen LogP contribution >= 0.6 is 0 Å². The summed E-state index contributed by atoms with van der Waals surface area (Å²) in [6, 6.07) is 11.2. The third-order valence-electron chi connectivity index (χ3n) is 6.64. The minimum absolute atomic E-state index is 0.0668. The van der Waals surface area contributed by atoms with Gasteiger partial charge in [-0.25, -0.2) is 4.39 Å². The molecule has 5 rings (SSSR count). The van der Waals surface area contributed by atoms with E-state index in [1.807, 2.05) is 18.2 Å². The van der Waals surface area contributed by atoms with Gasteiger partial charge in [0, 0.05) is 18.0 Å². The number of fused-ring (bicyclic) bond motifs is 2. The predicted molar refractivity (Wildman–Crippen MR) is 104 cm³/mol. The van der Waals surface area contributed by atoms with Crippen molar-refractivity contribution >= 4 is 5.91 Å². The third-order valence-corrected chi connectivity index (χ3v) is 6.64. The fourth-order valence-electron chi connectivity index (χ4n) is 5.21. The van der Waals surface area contributed by atoms with Crippen LogP contribution in [0.3, 0.4) is 0 Å². The summed E-state index contributed by atoms with van der Waals surface area (Å²) in [4.78, 5) is 15.2. The van der Waals surface area contributed by atoms with Crippen molar-refractivity contribution in [2.75, 3.05) is 13.3 Å². The molecule has 0 radical (unpaired) electrons. The van der Waals surface area contributed by atoms with Gasteiger partial charge in [0.15, 0.2) is 11.5 Å². The molecule has 1 aliphatic carbocycles. The van der Waals surface area contributed by atoms with Gasteiger partial charge in [0.05, 0.1) is 11.6 Å². The predicted octanol–water partition coefficient (Wildman–Crippen LogP) is 4.06. The second kappa shape index (κ2) is 7.02. The molecule has 1 amide bonds. The van der Waals surface area contributed by atoms with Crippen LogP contribution in [0, 0.1) is 11.7 Å². The van der Waals surface area contributed by atoms with Gasteiger partial charge in [0.2, 0.25) is 6.79 Å². The number of nitrogens with zero attached hydrogens (tertiary/aromatic N) is 1. The normalized spacial score (nSPS) is 28.1. The summed E-state index contributed by atoms with van der Waals surface area (Å²) in [5, 5.41) is 11.4. The summed E-state index contributed by atoms with van der Waals surface area (Å²) in [5.41, 5.74) is 0.471. The lowest BCUT2D eigenvalue weighted by Gasteiger charge is -2.52. The number of carbonyl (C=O) groups is 1. The van der Waals surface area contributed by atoms with Gasteiger partial charge in [-0.15, -0.1) is 0 Å². The molecule has 0 unspecified atom stereocenters. The summed E-state index contributed by atoms with van der Waals surface area (Å²) in [6.07, 6.45) is 4.16. The Kier molecular flexibility index (Phi) is 4.46. The SMILES string of the molecule is O=C(c1cccc(F)c1)N1CC[C@@]2(O)CCCC[C@H]2[C@H]1c1ccc2c(c1)OCO2. The lowest BCUT2D eigenvalue weighted by atomic mass is 9.66. The van der Waals surface area contributed by atoms with Crippen molar-refractivity contribution < 1.29 is 23.8 Å². The highest BCUT2D eigenvalue weighted by Crippen LogP contribution is 2.50. The number of hydrogen-bond donors (Lipinski definition) is 1. The van der Waals surface area contributed by atoms with E-state index in [4.69, 9.17) is 9.47 Å². The maximum Gasteiger partial charge on any atom is 0.254 e. The molecule has 2 aromatic carbocycles. The van der Waals surface area contributed by atoms with E-state index >= 15 is 0 Å². The Morgan fingerprint density at radius 2 is 1.97 bits per heavy atom. The Bertz CT molecular complexity index is 948. The summed E-state index contributed by atoms with van der Waals surface area (Å²) in [5.74, 6) is 0.640. The summed E-state index contributed by atoms with van der Waals surface area (Å²) in [7, 11) is 0. The number of halogens is 1. The first-order valence-electron chi connectivity index (χ1n) is 10.2. The molecule has 5 nitrogen and oxygen atoms in total. The highest BCUT2D eigenvalue weighted by Gasteiger charge is 2.50. The second-order valence-electron chi connectivity index (χ2n) is 8.27. The number of ether oxygens (including phenoxy) is 2. The lowest BCUT2D eigenvalue weighted by Crippen LogP contribution is -2.56. The summed E-state index contributed by atoms with van der Waals surface area (Å²) < 4.78 is 24.7. The van der Waals surface area contributed by atoms with E-state index in [1.165, 1.54) is 12.1 Å². The second-order valence-corrected chi connectivity index (χ2v) is 8.27. The van der Waals surface area contributed by atoms with E-state index in [-0.39, 0.29) is 24.7 Å². The highest BCUT2D eigenvalue weighted by molar-refractivity contribution is 5.94. The average Bonchev–Trinajstić information content (AvgIpc) is 3.20. The van der Waals surface area contributed by atoms with E-state index in [1.54, 1.807) is 17.0 Å². The molecule has 152 valence electrons. The minimum Gasteiger partial charge on any atom is -0.454 e. The van der Waals surface area contributed by atoms with Crippen LogP contribution in [0.4, 0.5) is 4.39 Å². The molecule has 0 spiro atoms. The Morgan fingerprint density at radius 3 is 2.83 bits per heavy atom. The van der Waals surface area contributed by atoms with Gasteiger partial charge in [-0.2, -0.15) is 0 Å². The van der Waals surface area contributed by atoms with Crippen molar-refractivity contribution in [1.29, 1.82) is 0 Å². The molecular formula is C23H24FNO4. The topological polar surface area (TPSA) is 59.0 Å². The van der Waals surface area contributed by atoms with Crippen molar-refractivity contribution in [3.8, 4) is 11.5 Å². The van der Waals surface area contributed by atoms with E-state index in [0.717, 1.165) is 31.2 Å². The average molecular weight is 397 g/mol. The van der Waals surface area contributed by atoms with E-state index < -0.39 is 11.4 Å². The molecule has 1 saturated carbocycles. The van der Waals surface area contributed by atoms with Crippen LogP contribution in [-0.2, 0) is 0 Å². The van der Waals surface area contributed by atoms with Gasteiger partial charge in [0.1, 0.15) is 5.82 Å². The van der Waals surface area contributed by atoms with E-state index in [0.29, 0.717) is 30.0 Å². The standard InChI is InChI=1S/C23H24FNO4/c24-17-5-3-4-16(12-17)22(26)25-11-10-23(27)9-2-1-6-18(23)21(25)15-7-8-19-20(13-15)29-14-28-19/h3-5,7-8,12-13,18,21,27H,1-2,6,9-11,14H2/t18-,21+,23-/m0/s1. The zero-order chi connectivity index (χ0) is 20.0. The number of carbonyl (C=O) groups excluding carboxylic acids is 1. The fourth-order valence-corrected chi connectivity index (χ4v) is 5.21. The van der Waals surface area contributed by atoms with Crippen LogP contribution in [0.25, 0.3) is 0 Å². The molecule has 1 saturated heterocycles. The molecule has 2 fully saturated rings. The molecule has 2 heterocycles. The van der Waals surface area contributed by atoms with Crippen LogP contribution < -0.4 is 9.47 Å². The molecule has 6 heteroatoms. The van der Waals surface area contributed by atoms with Crippen molar-refractivity contribution in [2.24, 2.45) is 5.92 Å². The van der Waals surface area contributed by atoms with Gasteiger partial charge < -0.3 is 19.5 Å². The number of likely N-dealkylation sites (tertiary alicyclic amines) is 1. The molecule has 3 atom stereocenters. The van der Waals surface area contributed by atoms with Crippen molar-refractivity contribution in [1.82, 2.24) is 4.90 Å². The summed E-state index contributed by atoms with van der Waals surface area (Å²) >= 11 is 0. The first-order valence-corrected chi connectivity index (χ1v) is 10.2. The van der Waals surface area contributed by atoms with Crippen LogP contribution in [0.15, 0.2) is 42.5 Å². The third kappa shape index (κ3) is 3.15. The maximum absolute atomic E-state index is 13.8. The number of aliphatic hydroxyl groups is 1. The van der Waals surface area contributed by atoms with Gasteiger partial charge in [0.25, 0.3) is 5.91 Å². The van der Waals surface area contributed by atoms with Gasteiger partial charge in [-0.3, -0.25) is 4.79 Å². The van der Waals surface area contributed by atoms with Crippen LogP contribution in [-0.4, -0.2) is 34.9 Å². The number of piperidine rings is 1. The number of benzene rings is 2. The van der Waals surface area contributed by atoms with Gasteiger partial charge in [-0.1, -0.05) is 25.0 Å². The Hall–Kier alpha value is -2.60. The van der Waals surface area contributed by atoms with E-state index in [2.05, 4.69) is 0 Å². The molecule has 2 aromatic rings. The van der Waals surface area contributed by atoms with Gasteiger partial charge >= 0.3 is 0 Å². The molecule has 0 aromatic heterocycles. The first-order chi connectivity index (χ1) is 14.0. The molecule has 2 aliphatic heterocycles. The minimum atomic E-state index is -0.780. The van der Waals surface area contributed by atoms with Crippen molar-refractivity contribution in [3.63, 3.8) is 0 Å². The highest BCUT2D eigenvalue weighted by atomic mass is 19.1. The van der Waals surface area contributed by atoms with Crippen LogP contribution in [0.5, 0.6) is 11.5 Å². The van der Waals surface area contributed by atoms with Crippen molar-refractivity contribution in [2.45, 2.75) is 43.7 Å². The number of rotatable bonds is 2. The Morgan fingerprint density at radius 1 is 1.10 bits per heavy atom. The number of amides is 1. The smallest absolute Gasteiger partial charge is 0.254 e. The van der Waals surface area contributed by atoms with Gasteiger partial charge in [-0.05, 0) is 55.2 Å². The summed E-state index contributed by atoms with van der Waals surface area (Å²) in [6.45, 7) is 0.615. The Labute approximate surface area is 169 Å². The number of hydrogen-bond acceptors (Lipinski definition) is 4. The molecule has 0 bridgehead atoms. The lowest BCUT2D eigenvalue weighted by molar-refractivity contribution is -0.115. The Balaban J connectivity index is 1.57. The zero-order valence-electron chi connectivity index (χ0n) is 16.1. The quantitative estimate of drug-likeness (QED) is 0.830. The molecule has 3 aliphatic rings. The largest absolute Gasteiger partial charge is 0.454 e. The molecular weight excluding hydrogens is 373 g/mol. The fraction of sp³-hybridized carbons (Fsp3) is 0.435. The van der Waals surface area contributed by atoms with Crippen LogP contribution in [0.1, 0.15) is 54.1 Å².